The molecule has 6 heteroatoms. The summed E-state index contributed by atoms with van der Waals surface area (Å²) in [4.78, 5) is 11.7. The number of carbonyl (C=O) groups excluding carboxylic acids is 1. The first kappa shape index (κ1) is 14.1. The van der Waals surface area contributed by atoms with Crippen LogP contribution >= 0.6 is 15.9 Å². The van der Waals surface area contributed by atoms with Gasteiger partial charge in [0.05, 0.1) is 18.3 Å². The SMILES string of the molecule is COCC(O)CNC(=O)c1ccc(F)cc1Br. The normalized spacial score (nSPS) is 12.2. The van der Waals surface area contributed by atoms with Crippen LogP contribution in [-0.2, 0) is 4.74 Å². The zero-order valence-corrected chi connectivity index (χ0v) is 10.8. The van der Waals surface area contributed by atoms with E-state index in [0.717, 1.165) is 0 Å². The zero-order chi connectivity index (χ0) is 12.8. The fourth-order valence-electron chi connectivity index (χ4n) is 1.23. The maximum Gasteiger partial charge on any atom is 0.252 e. The number of benzene rings is 1. The monoisotopic (exact) mass is 305 g/mol. The van der Waals surface area contributed by atoms with Gasteiger partial charge in [0, 0.05) is 18.1 Å². The molecule has 94 valence electrons. The lowest BCUT2D eigenvalue weighted by molar-refractivity contribution is 0.0609. The van der Waals surface area contributed by atoms with Crippen LogP contribution in [0.3, 0.4) is 0 Å². The molecular formula is C11H13BrFNO3. The Bertz CT molecular complexity index is 400. The summed E-state index contributed by atoms with van der Waals surface area (Å²) in [6.07, 6.45) is -0.761. The third-order valence-corrected chi connectivity index (χ3v) is 2.69. The Balaban J connectivity index is 2.58. The molecular weight excluding hydrogens is 293 g/mol. The molecule has 2 N–H and O–H groups in total. The van der Waals surface area contributed by atoms with Gasteiger partial charge in [-0.3, -0.25) is 4.79 Å². The van der Waals surface area contributed by atoms with E-state index in [9.17, 15) is 14.3 Å². The maximum atomic E-state index is 12.8. The number of ether oxygens (including phenoxy) is 1. The van der Waals surface area contributed by atoms with Crippen LogP contribution in [0.15, 0.2) is 22.7 Å². The fourth-order valence-corrected chi connectivity index (χ4v) is 1.76. The predicted octanol–water partition coefficient (Wildman–Crippen LogP) is 1.33. The second-order valence-corrected chi connectivity index (χ2v) is 4.30. The third kappa shape index (κ3) is 4.41. The molecule has 1 rings (SSSR count). The lowest BCUT2D eigenvalue weighted by Crippen LogP contribution is -2.34. The van der Waals surface area contributed by atoms with Gasteiger partial charge in [-0.15, -0.1) is 0 Å². The van der Waals surface area contributed by atoms with Gasteiger partial charge >= 0.3 is 0 Å². The van der Waals surface area contributed by atoms with Crippen LogP contribution in [0, 0.1) is 5.82 Å². The third-order valence-electron chi connectivity index (χ3n) is 2.03. The summed E-state index contributed by atoms with van der Waals surface area (Å²) in [5.74, 6) is -0.806. The predicted molar refractivity (Wildman–Crippen MR) is 64.3 cm³/mol. The van der Waals surface area contributed by atoms with Crippen LogP contribution in [0.4, 0.5) is 4.39 Å². The van der Waals surface area contributed by atoms with Crippen molar-refractivity contribution in [3.63, 3.8) is 0 Å². The van der Waals surface area contributed by atoms with Crippen LogP contribution < -0.4 is 5.32 Å². The molecule has 0 aromatic heterocycles. The van der Waals surface area contributed by atoms with E-state index in [0.29, 0.717) is 10.0 Å². The van der Waals surface area contributed by atoms with Crippen LogP contribution in [0.1, 0.15) is 10.4 Å². The topological polar surface area (TPSA) is 58.6 Å². The van der Waals surface area contributed by atoms with Crippen LogP contribution in [0.25, 0.3) is 0 Å². The standard InChI is InChI=1S/C11H13BrFNO3/c1-17-6-8(15)5-14-11(16)9-3-2-7(13)4-10(9)12/h2-4,8,15H,5-6H2,1H3,(H,14,16). The van der Waals surface area contributed by atoms with E-state index in [1.807, 2.05) is 0 Å². The lowest BCUT2D eigenvalue weighted by Gasteiger charge is -2.11. The van der Waals surface area contributed by atoms with Crippen molar-refractivity contribution in [3.05, 3.63) is 34.1 Å². The number of rotatable bonds is 5. The first-order chi connectivity index (χ1) is 8.04. The van der Waals surface area contributed by atoms with E-state index >= 15 is 0 Å². The van der Waals surface area contributed by atoms with Crippen molar-refractivity contribution in [2.45, 2.75) is 6.10 Å². The molecule has 1 atom stereocenters. The minimum Gasteiger partial charge on any atom is -0.389 e. The van der Waals surface area contributed by atoms with E-state index in [-0.39, 0.29) is 19.1 Å². The highest BCUT2D eigenvalue weighted by molar-refractivity contribution is 9.10. The largest absolute Gasteiger partial charge is 0.389 e. The highest BCUT2D eigenvalue weighted by Crippen LogP contribution is 2.17. The van der Waals surface area contributed by atoms with Gasteiger partial charge in [-0.05, 0) is 34.1 Å². The molecule has 0 bridgehead atoms. The number of carbonyl (C=O) groups is 1. The molecule has 4 nitrogen and oxygen atoms in total. The van der Waals surface area contributed by atoms with Gasteiger partial charge in [-0.2, -0.15) is 0 Å². The first-order valence-corrected chi connectivity index (χ1v) is 5.74. The Labute approximate surface area is 107 Å². The summed E-state index contributed by atoms with van der Waals surface area (Å²) >= 11 is 3.10. The average molecular weight is 306 g/mol. The van der Waals surface area contributed by atoms with E-state index in [4.69, 9.17) is 4.74 Å². The second-order valence-electron chi connectivity index (χ2n) is 3.44. The summed E-state index contributed by atoms with van der Waals surface area (Å²) in [5.41, 5.74) is 0.316. The molecule has 0 aliphatic carbocycles. The number of hydrogen-bond acceptors (Lipinski definition) is 3. The van der Waals surface area contributed by atoms with Gasteiger partial charge in [0.25, 0.3) is 5.91 Å². The fraction of sp³-hybridized carbons (Fsp3) is 0.364. The molecule has 0 radical (unpaired) electrons. The van der Waals surface area contributed by atoms with Gasteiger partial charge in [-0.25, -0.2) is 4.39 Å². The van der Waals surface area contributed by atoms with Gasteiger partial charge in [0.2, 0.25) is 0 Å². The maximum absolute atomic E-state index is 12.8. The van der Waals surface area contributed by atoms with Gasteiger partial charge in [0.1, 0.15) is 5.82 Å². The number of halogens is 2. The Morgan fingerprint density at radius 1 is 1.65 bits per heavy atom. The van der Waals surface area contributed by atoms with Gasteiger partial charge in [-0.1, -0.05) is 0 Å². The quantitative estimate of drug-likeness (QED) is 0.863. The Morgan fingerprint density at radius 2 is 2.35 bits per heavy atom. The Kier molecular flexibility index (Phi) is 5.54. The molecule has 0 aliphatic heterocycles. The van der Waals surface area contributed by atoms with Crippen molar-refractivity contribution >= 4 is 21.8 Å². The second kappa shape index (κ2) is 6.68. The van der Waals surface area contributed by atoms with Gasteiger partial charge < -0.3 is 15.2 Å². The number of aliphatic hydroxyl groups is 1. The summed E-state index contributed by atoms with van der Waals surface area (Å²) in [6.45, 7) is 0.224. The van der Waals surface area contributed by atoms with Crippen LogP contribution in [-0.4, -0.2) is 37.4 Å². The van der Waals surface area contributed by atoms with Crippen molar-refractivity contribution in [2.24, 2.45) is 0 Å². The zero-order valence-electron chi connectivity index (χ0n) is 9.24. The minimum atomic E-state index is -0.761. The Morgan fingerprint density at radius 3 is 2.94 bits per heavy atom. The van der Waals surface area contributed by atoms with E-state index in [1.165, 1.54) is 25.3 Å². The summed E-state index contributed by atoms with van der Waals surface area (Å²) in [6, 6.07) is 3.78. The van der Waals surface area contributed by atoms with Gasteiger partial charge in [0.15, 0.2) is 0 Å². The molecule has 0 aliphatic rings. The van der Waals surface area contributed by atoms with Crippen LogP contribution in [0.2, 0.25) is 0 Å². The number of nitrogens with one attached hydrogen (secondary N) is 1. The molecule has 1 aromatic carbocycles. The molecule has 0 saturated carbocycles. The Hall–Kier alpha value is -0.980. The van der Waals surface area contributed by atoms with Crippen LogP contribution in [0.5, 0.6) is 0 Å². The highest BCUT2D eigenvalue weighted by Gasteiger charge is 2.12. The van der Waals surface area contributed by atoms with Crippen molar-refractivity contribution < 1.29 is 19.0 Å². The number of aliphatic hydroxyl groups excluding tert-OH is 1. The average Bonchev–Trinajstić information content (AvgIpc) is 2.26. The van der Waals surface area contributed by atoms with Crippen molar-refractivity contribution in [1.82, 2.24) is 5.32 Å². The molecule has 0 saturated heterocycles. The minimum absolute atomic E-state index is 0.0799. The number of hydrogen-bond donors (Lipinski definition) is 2. The molecule has 0 heterocycles. The number of amides is 1. The molecule has 1 aromatic rings. The number of methoxy groups -OCH3 is 1. The molecule has 1 unspecified atom stereocenters. The summed E-state index contributed by atoms with van der Waals surface area (Å²) in [7, 11) is 1.46. The highest BCUT2D eigenvalue weighted by atomic mass is 79.9. The molecule has 0 fully saturated rings. The molecule has 1 amide bonds. The smallest absolute Gasteiger partial charge is 0.252 e. The van der Waals surface area contributed by atoms with Crippen molar-refractivity contribution in [2.75, 3.05) is 20.3 Å². The lowest BCUT2D eigenvalue weighted by atomic mass is 10.2. The molecule has 0 spiro atoms. The van der Waals surface area contributed by atoms with Crippen molar-refractivity contribution in [3.8, 4) is 0 Å². The summed E-state index contributed by atoms with van der Waals surface area (Å²) in [5, 5.41) is 11.9. The van der Waals surface area contributed by atoms with E-state index in [2.05, 4.69) is 21.2 Å². The molecule has 17 heavy (non-hydrogen) atoms. The van der Waals surface area contributed by atoms with Crippen molar-refractivity contribution in [1.29, 1.82) is 0 Å². The summed E-state index contributed by atoms with van der Waals surface area (Å²) < 4.78 is 17.9. The van der Waals surface area contributed by atoms with E-state index in [1.54, 1.807) is 0 Å². The first-order valence-electron chi connectivity index (χ1n) is 4.95. The van der Waals surface area contributed by atoms with E-state index < -0.39 is 11.9 Å².